The first kappa shape index (κ1) is 21.0. The number of alkyl halides is 3. The minimum Gasteiger partial charge on any atom is -0.367 e. The average molecular weight is 431 g/mol. The average Bonchev–Trinajstić information content (AvgIpc) is 3.07. The van der Waals surface area contributed by atoms with Crippen LogP contribution in [0.4, 0.5) is 18.9 Å². The number of thiophene rings is 1. The molecule has 1 aliphatic heterocycles. The highest BCUT2D eigenvalue weighted by atomic mass is 35.5. The molecule has 1 amide bonds. The summed E-state index contributed by atoms with van der Waals surface area (Å²) in [4.78, 5) is 18.4. The number of piperazine rings is 1. The van der Waals surface area contributed by atoms with Crippen molar-refractivity contribution in [3.8, 4) is 0 Å². The normalized spacial score (nSPS) is 16.4. The van der Waals surface area contributed by atoms with E-state index >= 15 is 0 Å². The number of amides is 1. The van der Waals surface area contributed by atoms with Crippen molar-refractivity contribution in [2.45, 2.75) is 32.4 Å². The summed E-state index contributed by atoms with van der Waals surface area (Å²) in [5.41, 5.74) is -0.618. The lowest BCUT2D eigenvalue weighted by molar-refractivity contribution is -0.137. The highest BCUT2D eigenvalue weighted by Gasteiger charge is 2.36. The fourth-order valence-corrected chi connectivity index (χ4v) is 4.51. The van der Waals surface area contributed by atoms with Gasteiger partial charge in [0, 0.05) is 47.4 Å². The van der Waals surface area contributed by atoms with E-state index in [9.17, 15) is 18.0 Å². The van der Waals surface area contributed by atoms with Crippen molar-refractivity contribution in [1.82, 2.24) is 4.90 Å². The van der Waals surface area contributed by atoms with E-state index in [-0.39, 0.29) is 22.5 Å². The van der Waals surface area contributed by atoms with Gasteiger partial charge < -0.3 is 9.80 Å². The van der Waals surface area contributed by atoms with Gasteiger partial charge in [-0.1, -0.05) is 18.5 Å². The van der Waals surface area contributed by atoms with E-state index in [1.54, 1.807) is 21.1 Å². The molecule has 1 unspecified atom stereocenters. The third kappa shape index (κ3) is 4.81. The van der Waals surface area contributed by atoms with Crippen LogP contribution in [0.15, 0.2) is 30.3 Å². The summed E-state index contributed by atoms with van der Waals surface area (Å²) < 4.78 is 39.9. The van der Waals surface area contributed by atoms with Crippen LogP contribution in [0.3, 0.4) is 0 Å². The van der Waals surface area contributed by atoms with Crippen molar-refractivity contribution in [3.63, 3.8) is 0 Å². The fourth-order valence-electron chi connectivity index (χ4n) is 3.41. The standard InChI is InChI=1S/C20H22ClF3N2OS/c1-13(18-6-3-14(2)28-18)11-19(27)26-9-7-25(8-10-26)17-12-15(21)4-5-16(17)20(22,23)24/h3-6,12-13H,7-11H2,1-2H3. The van der Waals surface area contributed by atoms with E-state index in [0.717, 1.165) is 6.07 Å². The Labute approximate surface area is 171 Å². The molecule has 2 aromatic rings. The summed E-state index contributed by atoms with van der Waals surface area (Å²) in [6.45, 7) is 5.56. The molecule has 1 aliphatic rings. The van der Waals surface area contributed by atoms with Crippen LogP contribution in [0.2, 0.25) is 5.02 Å². The Morgan fingerprint density at radius 3 is 2.43 bits per heavy atom. The monoisotopic (exact) mass is 430 g/mol. The molecule has 1 aromatic carbocycles. The van der Waals surface area contributed by atoms with Crippen LogP contribution in [-0.4, -0.2) is 37.0 Å². The number of anilines is 1. The second-order valence-electron chi connectivity index (χ2n) is 7.08. The maximum Gasteiger partial charge on any atom is 0.418 e. The molecule has 3 nitrogen and oxygen atoms in total. The number of rotatable bonds is 4. The Bertz CT molecular complexity index is 844. The molecule has 1 atom stereocenters. The zero-order valence-corrected chi connectivity index (χ0v) is 17.3. The molecule has 8 heteroatoms. The zero-order valence-electron chi connectivity index (χ0n) is 15.7. The molecule has 3 rings (SSSR count). The molecule has 0 N–H and O–H groups in total. The highest BCUT2D eigenvalue weighted by Crippen LogP contribution is 2.38. The SMILES string of the molecule is Cc1ccc(C(C)CC(=O)N2CCN(c3cc(Cl)ccc3C(F)(F)F)CC2)s1. The first-order valence-corrected chi connectivity index (χ1v) is 10.3. The Hall–Kier alpha value is -1.73. The second-order valence-corrected chi connectivity index (χ2v) is 8.84. The van der Waals surface area contributed by atoms with Gasteiger partial charge in [-0.05, 0) is 43.2 Å². The molecule has 1 saturated heterocycles. The van der Waals surface area contributed by atoms with Gasteiger partial charge in [-0.2, -0.15) is 13.2 Å². The van der Waals surface area contributed by atoms with Gasteiger partial charge in [0.2, 0.25) is 5.91 Å². The van der Waals surface area contributed by atoms with Crippen molar-refractivity contribution in [2.24, 2.45) is 0 Å². The quantitative estimate of drug-likeness (QED) is 0.633. The minimum atomic E-state index is -4.44. The number of hydrogen-bond acceptors (Lipinski definition) is 3. The molecule has 28 heavy (non-hydrogen) atoms. The third-order valence-corrected chi connectivity index (χ3v) is 6.43. The van der Waals surface area contributed by atoms with Gasteiger partial charge in [-0.3, -0.25) is 4.79 Å². The van der Waals surface area contributed by atoms with Crippen LogP contribution in [0.5, 0.6) is 0 Å². The first-order chi connectivity index (χ1) is 13.1. The van der Waals surface area contributed by atoms with E-state index in [2.05, 4.69) is 0 Å². The maximum absolute atomic E-state index is 13.3. The van der Waals surface area contributed by atoms with Gasteiger partial charge >= 0.3 is 6.18 Å². The summed E-state index contributed by atoms with van der Waals surface area (Å²) in [5.74, 6) is 0.175. The topological polar surface area (TPSA) is 23.6 Å². The predicted octanol–water partition coefficient (Wildman–Crippen LogP) is 5.57. The molecule has 0 bridgehead atoms. The summed E-state index contributed by atoms with van der Waals surface area (Å²) in [7, 11) is 0. The van der Waals surface area contributed by atoms with Crippen LogP contribution < -0.4 is 4.90 Å². The van der Waals surface area contributed by atoms with Crippen LogP contribution in [0.25, 0.3) is 0 Å². The van der Waals surface area contributed by atoms with E-state index in [1.807, 2.05) is 26.0 Å². The molecule has 152 valence electrons. The van der Waals surface area contributed by atoms with Crippen molar-refractivity contribution in [3.05, 3.63) is 50.7 Å². The summed E-state index contributed by atoms with van der Waals surface area (Å²) in [5, 5.41) is 0.265. The van der Waals surface area contributed by atoms with Crippen LogP contribution in [-0.2, 0) is 11.0 Å². The molecule has 1 aromatic heterocycles. The number of aryl methyl sites for hydroxylation is 1. The predicted molar refractivity (Wildman–Crippen MR) is 107 cm³/mol. The van der Waals surface area contributed by atoms with Gasteiger partial charge in [-0.15, -0.1) is 11.3 Å². The smallest absolute Gasteiger partial charge is 0.367 e. The highest BCUT2D eigenvalue weighted by molar-refractivity contribution is 7.12. The lowest BCUT2D eigenvalue weighted by Gasteiger charge is -2.37. The molecule has 0 radical (unpaired) electrons. The Balaban J connectivity index is 1.63. The Kier molecular flexibility index (Phi) is 6.25. The molecular weight excluding hydrogens is 409 g/mol. The Morgan fingerprint density at radius 2 is 1.86 bits per heavy atom. The van der Waals surface area contributed by atoms with Gasteiger partial charge in [-0.25, -0.2) is 0 Å². The molecular formula is C20H22ClF3N2OS. The van der Waals surface area contributed by atoms with E-state index in [0.29, 0.717) is 32.6 Å². The van der Waals surface area contributed by atoms with Crippen molar-refractivity contribution in [1.29, 1.82) is 0 Å². The van der Waals surface area contributed by atoms with E-state index in [4.69, 9.17) is 11.6 Å². The summed E-state index contributed by atoms with van der Waals surface area (Å²) in [6.07, 6.45) is -4.04. The van der Waals surface area contributed by atoms with Gasteiger partial charge in [0.25, 0.3) is 0 Å². The second kappa shape index (κ2) is 8.33. The maximum atomic E-state index is 13.3. The van der Waals surface area contributed by atoms with Crippen LogP contribution >= 0.6 is 22.9 Å². The van der Waals surface area contributed by atoms with Crippen LogP contribution in [0, 0.1) is 6.92 Å². The number of nitrogens with zero attached hydrogens (tertiary/aromatic N) is 2. The van der Waals surface area contributed by atoms with Crippen molar-refractivity contribution >= 4 is 34.5 Å². The van der Waals surface area contributed by atoms with Crippen molar-refractivity contribution < 1.29 is 18.0 Å². The number of carbonyl (C=O) groups excluding carboxylic acids is 1. The van der Waals surface area contributed by atoms with Crippen molar-refractivity contribution in [2.75, 3.05) is 31.1 Å². The summed E-state index contributed by atoms with van der Waals surface area (Å²) in [6, 6.07) is 7.71. The summed E-state index contributed by atoms with van der Waals surface area (Å²) >= 11 is 7.61. The molecule has 0 saturated carbocycles. The van der Waals surface area contributed by atoms with Gasteiger partial charge in [0.1, 0.15) is 0 Å². The third-order valence-electron chi connectivity index (χ3n) is 4.97. The molecule has 1 fully saturated rings. The lowest BCUT2D eigenvalue weighted by atomic mass is 10.0. The number of carbonyl (C=O) groups is 1. The first-order valence-electron chi connectivity index (χ1n) is 9.11. The van der Waals surface area contributed by atoms with Gasteiger partial charge in [0.05, 0.1) is 11.3 Å². The number of halogens is 4. The zero-order chi connectivity index (χ0) is 20.5. The fraction of sp³-hybridized carbons (Fsp3) is 0.450. The Morgan fingerprint density at radius 1 is 1.18 bits per heavy atom. The number of hydrogen-bond donors (Lipinski definition) is 0. The van der Waals surface area contributed by atoms with E-state index < -0.39 is 11.7 Å². The lowest BCUT2D eigenvalue weighted by Crippen LogP contribution is -2.49. The number of benzene rings is 1. The molecule has 2 heterocycles. The largest absolute Gasteiger partial charge is 0.418 e. The van der Waals surface area contributed by atoms with E-state index in [1.165, 1.54) is 21.9 Å². The molecule has 0 aliphatic carbocycles. The van der Waals surface area contributed by atoms with Gasteiger partial charge in [0.15, 0.2) is 0 Å². The molecule has 0 spiro atoms. The van der Waals surface area contributed by atoms with Crippen LogP contribution in [0.1, 0.15) is 34.6 Å². The minimum absolute atomic E-state index is 0.0420.